The van der Waals surface area contributed by atoms with E-state index < -0.39 is 11.7 Å². The summed E-state index contributed by atoms with van der Waals surface area (Å²) in [4.78, 5) is 22.1. The largest absolute Gasteiger partial charge is 0.416 e. The summed E-state index contributed by atoms with van der Waals surface area (Å²) in [6, 6.07) is 4.44. The van der Waals surface area contributed by atoms with Crippen molar-refractivity contribution in [1.82, 2.24) is 10.6 Å². The van der Waals surface area contributed by atoms with Crippen molar-refractivity contribution in [2.75, 3.05) is 13.1 Å². The van der Waals surface area contributed by atoms with Crippen LogP contribution in [0.25, 0.3) is 0 Å². The maximum absolute atomic E-state index is 12.3. The van der Waals surface area contributed by atoms with Crippen LogP contribution in [0.3, 0.4) is 0 Å². The summed E-state index contributed by atoms with van der Waals surface area (Å²) in [5.41, 5.74) is -0.248. The number of halogens is 3. The highest BCUT2D eigenvalue weighted by atomic mass is 19.4. The van der Waals surface area contributed by atoms with E-state index in [1.165, 1.54) is 19.1 Å². The van der Waals surface area contributed by atoms with Crippen LogP contribution in [0.4, 0.5) is 13.2 Å². The van der Waals surface area contributed by atoms with Crippen molar-refractivity contribution < 1.29 is 22.8 Å². The van der Waals surface area contributed by atoms with Gasteiger partial charge in [-0.15, -0.1) is 0 Å². The predicted molar refractivity (Wildman–Crippen MR) is 66.8 cm³/mol. The van der Waals surface area contributed by atoms with Gasteiger partial charge in [-0.2, -0.15) is 13.2 Å². The molecule has 0 saturated carbocycles. The van der Waals surface area contributed by atoms with E-state index in [0.29, 0.717) is 12.1 Å². The van der Waals surface area contributed by atoms with Crippen molar-refractivity contribution >= 4 is 11.8 Å². The SMILES string of the molecule is CC(=O)NCCNC(=O)Cc1ccc(C(F)(F)F)cc1. The molecule has 1 aromatic rings. The van der Waals surface area contributed by atoms with E-state index in [4.69, 9.17) is 0 Å². The number of rotatable bonds is 5. The van der Waals surface area contributed by atoms with Gasteiger partial charge in [-0.1, -0.05) is 12.1 Å². The van der Waals surface area contributed by atoms with E-state index in [-0.39, 0.29) is 24.8 Å². The number of nitrogens with one attached hydrogen (secondary N) is 2. The Kier molecular flexibility index (Phi) is 5.54. The van der Waals surface area contributed by atoms with Crippen LogP contribution in [-0.4, -0.2) is 24.9 Å². The Morgan fingerprint density at radius 1 is 1.05 bits per heavy atom. The minimum atomic E-state index is -4.38. The van der Waals surface area contributed by atoms with Crippen LogP contribution in [-0.2, 0) is 22.2 Å². The third kappa shape index (κ3) is 5.73. The molecule has 0 bridgehead atoms. The molecule has 0 unspecified atom stereocenters. The van der Waals surface area contributed by atoms with Gasteiger partial charge < -0.3 is 10.6 Å². The first-order chi connectivity index (χ1) is 9.29. The van der Waals surface area contributed by atoms with E-state index in [1.807, 2.05) is 0 Å². The molecule has 0 aromatic heterocycles. The average Bonchev–Trinajstić information content (AvgIpc) is 2.34. The molecule has 0 heterocycles. The number of carbonyl (C=O) groups excluding carboxylic acids is 2. The summed E-state index contributed by atoms with van der Waals surface area (Å²) < 4.78 is 37.0. The van der Waals surface area contributed by atoms with Crippen LogP contribution < -0.4 is 10.6 Å². The number of carbonyl (C=O) groups is 2. The van der Waals surface area contributed by atoms with Crippen molar-refractivity contribution in [3.05, 3.63) is 35.4 Å². The van der Waals surface area contributed by atoms with Crippen molar-refractivity contribution in [3.8, 4) is 0 Å². The highest BCUT2D eigenvalue weighted by Crippen LogP contribution is 2.29. The third-order valence-electron chi connectivity index (χ3n) is 2.47. The third-order valence-corrected chi connectivity index (χ3v) is 2.47. The molecule has 2 amide bonds. The second-order valence-corrected chi connectivity index (χ2v) is 4.20. The Balaban J connectivity index is 2.41. The van der Waals surface area contributed by atoms with Crippen molar-refractivity contribution in [2.24, 2.45) is 0 Å². The summed E-state index contributed by atoms with van der Waals surface area (Å²) in [6.07, 6.45) is -4.38. The molecule has 0 spiro atoms. The van der Waals surface area contributed by atoms with Gasteiger partial charge in [0.2, 0.25) is 11.8 Å². The Morgan fingerprint density at radius 3 is 2.10 bits per heavy atom. The molecule has 1 rings (SSSR count). The molecule has 110 valence electrons. The number of alkyl halides is 3. The molecular formula is C13H15F3N2O2. The lowest BCUT2D eigenvalue weighted by molar-refractivity contribution is -0.137. The van der Waals surface area contributed by atoms with E-state index in [0.717, 1.165) is 12.1 Å². The molecule has 0 saturated heterocycles. The van der Waals surface area contributed by atoms with Gasteiger partial charge in [-0.25, -0.2) is 0 Å². The Hall–Kier alpha value is -2.05. The highest BCUT2D eigenvalue weighted by molar-refractivity contribution is 5.78. The van der Waals surface area contributed by atoms with Crippen LogP contribution in [0.15, 0.2) is 24.3 Å². The predicted octanol–water partition coefficient (Wildman–Crippen LogP) is 1.50. The van der Waals surface area contributed by atoms with Gasteiger partial charge in [-0.3, -0.25) is 9.59 Å². The zero-order valence-corrected chi connectivity index (χ0v) is 10.9. The van der Waals surface area contributed by atoms with Gasteiger partial charge in [0, 0.05) is 20.0 Å². The van der Waals surface area contributed by atoms with Crippen LogP contribution in [0.5, 0.6) is 0 Å². The standard InChI is InChI=1S/C13H15F3N2O2/c1-9(19)17-6-7-18-12(20)8-10-2-4-11(5-3-10)13(14,15)16/h2-5H,6-8H2,1H3,(H,17,19)(H,18,20). The lowest BCUT2D eigenvalue weighted by Gasteiger charge is -2.08. The highest BCUT2D eigenvalue weighted by Gasteiger charge is 2.29. The lowest BCUT2D eigenvalue weighted by atomic mass is 10.1. The first-order valence-corrected chi connectivity index (χ1v) is 5.96. The van der Waals surface area contributed by atoms with Crippen molar-refractivity contribution in [1.29, 1.82) is 0 Å². The van der Waals surface area contributed by atoms with Gasteiger partial charge in [-0.05, 0) is 17.7 Å². The molecular weight excluding hydrogens is 273 g/mol. The van der Waals surface area contributed by atoms with Gasteiger partial charge in [0.05, 0.1) is 12.0 Å². The lowest BCUT2D eigenvalue weighted by Crippen LogP contribution is -2.34. The van der Waals surface area contributed by atoms with Gasteiger partial charge in [0.15, 0.2) is 0 Å². The monoisotopic (exact) mass is 288 g/mol. The number of hydrogen-bond acceptors (Lipinski definition) is 2. The molecule has 0 aliphatic heterocycles. The first kappa shape index (κ1) is 16.0. The van der Waals surface area contributed by atoms with Crippen LogP contribution in [0.2, 0.25) is 0 Å². The molecule has 2 N–H and O–H groups in total. The molecule has 1 aromatic carbocycles. The minimum absolute atomic E-state index is 0.00178. The Bertz CT molecular complexity index is 469. The smallest absolute Gasteiger partial charge is 0.355 e. The molecule has 0 aliphatic carbocycles. The molecule has 0 atom stereocenters. The van der Waals surface area contributed by atoms with Crippen LogP contribution in [0.1, 0.15) is 18.1 Å². The fourth-order valence-electron chi connectivity index (χ4n) is 1.50. The van der Waals surface area contributed by atoms with Crippen LogP contribution in [0, 0.1) is 0 Å². The van der Waals surface area contributed by atoms with E-state index in [2.05, 4.69) is 10.6 Å². The molecule has 7 heteroatoms. The molecule has 0 aliphatic rings. The summed E-state index contributed by atoms with van der Waals surface area (Å²) in [6.45, 7) is 1.96. The summed E-state index contributed by atoms with van der Waals surface area (Å²) >= 11 is 0. The molecule has 0 fully saturated rings. The van der Waals surface area contributed by atoms with E-state index >= 15 is 0 Å². The quantitative estimate of drug-likeness (QED) is 0.807. The molecule has 0 radical (unpaired) electrons. The van der Waals surface area contributed by atoms with E-state index in [9.17, 15) is 22.8 Å². The number of amides is 2. The summed E-state index contributed by atoms with van der Waals surface area (Å²) in [7, 11) is 0. The molecule has 4 nitrogen and oxygen atoms in total. The summed E-state index contributed by atoms with van der Waals surface area (Å²) in [5.74, 6) is -0.503. The maximum Gasteiger partial charge on any atom is 0.416 e. The summed E-state index contributed by atoms with van der Waals surface area (Å²) in [5, 5.41) is 5.07. The molecule has 20 heavy (non-hydrogen) atoms. The van der Waals surface area contributed by atoms with Crippen LogP contribution >= 0.6 is 0 Å². The Labute approximate surface area is 114 Å². The second-order valence-electron chi connectivity index (χ2n) is 4.20. The maximum atomic E-state index is 12.3. The first-order valence-electron chi connectivity index (χ1n) is 5.96. The average molecular weight is 288 g/mol. The topological polar surface area (TPSA) is 58.2 Å². The van der Waals surface area contributed by atoms with Gasteiger partial charge in [0.25, 0.3) is 0 Å². The van der Waals surface area contributed by atoms with Crippen molar-refractivity contribution in [3.63, 3.8) is 0 Å². The minimum Gasteiger partial charge on any atom is -0.355 e. The van der Waals surface area contributed by atoms with Crippen molar-refractivity contribution in [2.45, 2.75) is 19.5 Å². The second kappa shape index (κ2) is 6.93. The fraction of sp³-hybridized carbons (Fsp3) is 0.385. The van der Waals surface area contributed by atoms with Gasteiger partial charge in [0.1, 0.15) is 0 Å². The zero-order chi connectivity index (χ0) is 15.2. The number of benzene rings is 1. The van der Waals surface area contributed by atoms with Gasteiger partial charge >= 0.3 is 6.18 Å². The Morgan fingerprint density at radius 2 is 1.60 bits per heavy atom. The number of hydrogen-bond donors (Lipinski definition) is 2. The normalized spacial score (nSPS) is 11.0. The fourth-order valence-corrected chi connectivity index (χ4v) is 1.50. The zero-order valence-electron chi connectivity index (χ0n) is 10.9. The van der Waals surface area contributed by atoms with E-state index in [1.54, 1.807) is 0 Å².